The minimum Gasteiger partial charge on any atom is -0.326 e. The Labute approximate surface area is 157 Å². The fourth-order valence-electron chi connectivity index (χ4n) is 2.31. The first-order chi connectivity index (χ1) is 12.0. The Bertz CT molecular complexity index is 763. The van der Waals surface area contributed by atoms with Gasteiger partial charge in [0.1, 0.15) is 0 Å². The Balaban J connectivity index is 1.97. The number of amides is 2. The third kappa shape index (κ3) is 6.07. The standard InChI is InChI=1S/C19H20Cl2N2O2/c1-2-5-18(24)22-14-9-10-16(21)17(12-14)23-19(25)11-8-13-6-3-4-7-15(13)20/h3-4,6-7,9-10,12H,2,5,8,11H2,1H3,(H,22,24)(H,23,25). The second kappa shape index (κ2) is 9.44. The van der Waals surface area contributed by atoms with Crippen LogP contribution in [0.5, 0.6) is 0 Å². The molecule has 25 heavy (non-hydrogen) atoms. The largest absolute Gasteiger partial charge is 0.326 e. The number of rotatable bonds is 7. The van der Waals surface area contributed by atoms with Crippen LogP contribution in [0.2, 0.25) is 10.0 Å². The average molecular weight is 379 g/mol. The molecular weight excluding hydrogens is 359 g/mol. The van der Waals surface area contributed by atoms with Crippen LogP contribution in [0.15, 0.2) is 42.5 Å². The fraction of sp³-hybridized carbons (Fsp3) is 0.263. The van der Waals surface area contributed by atoms with E-state index in [4.69, 9.17) is 23.2 Å². The number of carbonyl (C=O) groups is 2. The molecule has 0 spiro atoms. The molecule has 0 radical (unpaired) electrons. The van der Waals surface area contributed by atoms with E-state index in [0.29, 0.717) is 34.3 Å². The zero-order valence-electron chi connectivity index (χ0n) is 13.9. The molecule has 2 N–H and O–H groups in total. The van der Waals surface area contributed by atoms with Gasteiger partial charge in [-0.25, -0.2) is 0 Å². The van der Waals surface area contributed by atoms with Gasteiger partial charge in [0.25, 0.3) is 0 Å². The van der Waals surface area contributed by atoms with Gasteiger partial charge in [0.05, 0.1) is 10.7 Å². The molecule has 0 aromatic heterocycles. The maximum Gasteiger partial charge on any atom is 0.224 e. The van der Waals surface area contributed by atoms with Crippen LogP contribution in [0, 0.1) is 0 Å². The smallest absolute Gasteiger partial charge is 0.224 e. The van der Waals surface area contributed by atoms with Gasteiger partial charge in [0.2, 0.25) is 11.8 Å². The second-order valence-corrected chi connectivity index (χ2v) is 6.45. The first-order valence-electron chi connectivity index (χ1n) is 8.12. The quantitative estimate of drug-likeness (QED) is 0.686. The lowest BCUT2D eigenvalue weighted by Crippen LogP contribution is -2.14. The number of hydrogen-bond acceptors (Lipinski definition) is 2. The predicted molar refractivity (Wildman–Crippen MR) is 103 cm³/mol. The lowest BCUT2D eigenvalue weighted by molar-refractivity contribution is -0.117. The molecule has 6 heteroatoms. The summed E-state index contributed by atoms with van der Waals surface area (Å²) in [5.74, 6) is -0.236. The van der Waals surface area contributed by atoms with E-state index in [1.54, 1.807) is 24.3 Å². The average Bonchev–Trinajstić information content (AvgIpc) is 2.57. The highest BCUT2D eigenvalue weighted by Crippen LogP contribution is 2.26. The molecule has 0 atom stereocenters. The van der Waals surface area contributed by atoms with Crippen molar-refractivity contribution in [3.63, 3.8) is 0 Å². The van der Waals surface area contributed by atoms with Gasteiger partial charge >= 0.3 is 0 Å². The summed E-state index contributed by atoms with van der Waals surface area (Å²) < 4.78 is 0. The molecule has 0 aliphatic carbocycles. The zero-order valence-corrected chi connectivity index (χ0v) is 15.5. The Kier molecular flexibility index (Phi) is 7.29. The molecule has 0 fully saturated rings. The van der Waals surface area contributed by atoms with Crippen molar-refractivity contribution < 1.29 is 9.59 Å². The van der Waals surface area contributed by atoms with Crippen LogP contribution >= 0.6 is 23.2 Å². The summed E-state index contributed by atoms with van der Waals surface area (Å²) in [5, 5.41) is 6.63. The molecule has 2 aromatic carbocycles. The Morgan fingerprint density at radius 1 is 0.920 bits per heavy atom. The molecule has 2 aromatic rings. The van der Waals surface area contributed by atoms with Crippen molar-refractivity contribution in [3.8, 4) is 0 Å². The summed E-state index contributed by atoms with van der Waals surface area (Å²) in [7, 11) is 0. The van der Waals surface area contributed by atoms with Crippen LogP contribution in [0.3, 0.4) is 0 Å². The molecule has 0 unspecified atom stereocenters. The number of hydrogen-bond donors (Lipinski definition) is 2. The van der Waals surface area contributed by atoms with Crippen molar-refractivity contribution in [3.05, 3.63) is 58.1 Å². The summed E-state index contributed by atoms with van der Waals surface area (Å²) >= 11 is 12.2. The van der Waals surface area contributed by atoms with Crippen molar-refractivity contribution in [1.82, 2.24) is 0 Å². The first-order valence-corrected chi connectivity index (χ1v) is 8.88. The Morgan fingerprint density at radius 3 is 2.36 bits per heavy atom. The number of aryl methyl sites for hydroxylation is 1. The molecule has 4 nitrogen and oxygen atoms in total. The highest BCUT2D eigenvalue weighted by Gasteiger charge is 2.10. The maximum atomic E-state index is 12.2. The minimum atomic E-state index is -0.168. The number of anilines is 2. The van der Waals surface area contributed by atoms with Crippen molar-refractivity contribution in [1.29, 1.82) is 0 Å². The van der Waals surface area contributed by atoms with E-state index in [-0.39, 0.29) is 18.2 Å². The maximum absolute atomic E-state index is 12.2. The Hall–Kier alpha value is -2.04. The molecular formula is C19H20Cl2N2O2. The van der Waals surface area contributed by atoms with Gasteiger partial charge in [-0.15, -0.1) is 0 Å². The third-order valence-corrected chi connectivity index (χ3v) is 4.28. The zero-order chi connectivity index (χ0) is 18.2. The molecule has 0 bridgehead atoms. The van der Waals surface area contributed by atoms with E-state index in [1.807, 2.05) is 25.1 Å². The van der Waals surface area contributed by atoms with Gasteiger partial charge < -0.3 is 10.6 Å². The van der Waals surface area contributed by atoms with Gasteiger partial charge in [0, 0.05) is 23.6 Å². The van der Waals surface area contributed by atoms with E-state index in [0.717, 1.165) is 12.0 Å². The third-order valence-electron chi connectivity index (χ3n) is 3.58. The van der Waals surface area contributed by atoms with E-state index in [1.165, 1.54) is 0 Å². The molecule has 0 saturated heterocycles. The molecule has 0 heterocycles. The SMILES string of the molecule is CCCC(=O)Nc1ccc(Cl)c(NC(=O)CCc2ccccc2Cl)c1. The molecule has 2 amide bonds. The van der Waals surface area contributed by atoms with Gasteiger partial charge in [-0.3, -0.25) is 9.59 Å². The highest BCUT2D eigenvalue weighted by atomic mass is 35.5. The summed E-state index contributed by atoms with van der Waals surface area (Å²) in [5.41, 5.74) is 2.00. The summed E-state index contributed by atoms with van der Waals surface area (Å²) in [6, 6.07) is 12.4. The molecule has 0 aliphatic rings. The van der Waals surface area contributed by atoms with Crippen LogP contribution in [0.1, 0.15) is 31.7 Å². The number of halogens is 2. The lowest BCUT2D eigenvalue weighted by atomic mass is 10.1. The monoisotopic (exact) mass is 378 g/mol. The van der Waals surface area contributed by atoms with Crippen molar-refractivity contribution in [2.75, 3.05) is 10.6 Å². The van der Waals surface area contributed by atoms with Crippen molar-refractivity contribution in [2.24, 2.45) is 0 Å². The highest BCUT2D eigenvalue weighted by molar-refractivity contribution is 6.34. The van der Waals surface area contributed by atoms with Crippen LogP contribution in [0.4, 0.5) is 11.4 Å². The second-order valence-electron chi connectivity index (χ2n) is 5.63. The van der Waals surface area contributed by atoms with Crippen LogP contribution in [-0.2, 0) is 16.0 Å². The van der Waals surface area contributed by atoms with Gasteiger partial charge in [-0.2, -0.15) is 0 Å². The van der Waals surface area contributed by atoms with E-state index in [9.17, 15) is 9.59 Å². The minimum absolute atomic E-state index is 0.0687. The van der Waals surface area contributed by atoms with E-state index < -0.39 is 0 Å². The molecule has 2 rings (SSSR count). The first kappa shape index (κ1) is 19.3. The van der Waals surface area contributed by atoms with E-state index >= 15 is 0 Å². The number of carbonyl (C=O) groups excluding carboxylic acids is 2. The summed E-state index contributed by atoms with van der Waals surface area (Å²) in [6.07, 6.45) is 2.04. The van der Waals surface area contributed by atoms with E-state index in [2.05, 4.69) is 10.6 Å². The molecule has 0 saturated carbocycles. The normalized spacial score (nSPS) is 10.4. The summed E-state index contributed by atoms with van der Waals surface area (Å²) in [4.78, 5) is 23.9. The van der Waals surface area contributed by atoms with Crippen molar-refractivity contribution in [2.45, 2.75) is 32.6 Å². The van der Waals surface area contributed by atoms with Gasteiger partial charge in [-0.1, -0.05) is 48.3 Å². The molecule has 0 aliphatic heterocycles. The van der Waals surface area contributed by atoms with Crippen LogP contribution < -0.4 is 10.6 Å². The van der Waals surface area contributed by atoms with Crippen LogP contribution in [0.25, 0.3) is 0 Å². The van der Waals surface area contributed by atoms with Gasteiger partial charge in [-0.05, 0) is 42.7 Å². The molecule has 132 valence electrons. The predicted octanol–water partition coefficient (Wildman–Crippen LogP) is 5.30. The Morgan fingerprint density at radius 2 is 1.64 bits per heavy atom. The van der Waals surface area contributed by atoms with Crippen molar-refractivity contribution >= 4 is 46.4 Å². The summed E-state index contributed by atoms with van der Waals surface area (Å²) in [6.45, 7) is 1.94. The topological polar surface area (TPSA) is 58.2 Å². The lowest BCUT2D eigenvalue weighted by Gasteiger charge is -2.11. The van der Waals surface area contributed by atoms with Gasteiger partial charge in [0.15, 0.2) is 0 Å². The fourth-order valence-corrected chi connectivity index (χ4v) is 2.71. The van der Waals surface area contributed by atoms with Crippen LogP contribution in [-0.4, -0.2) is 11.8 Å². The number of benzene rings is 2. The number of nitrogens with one attached hydrogen (secondary N) is 2.